The number of thioether (sulfide) groups is 1. The highest BCUT2D eigenvalue weighted by Crippen LogP contribution is 2.22. The van der Waals surface area contributed by atoms with Crippen LogP contribution in [0.15, 0.2) is 11.5 Å². The van der Waals surface area contributed by atoms with Crippen molar-refractivity contribution >= 4 is 17.7 Å². The number of amides is 1. The molecule has 1 fully saturated rings. The first-order valence-electron chi connectivity index (χ1n) is 7.54. The van der Waals surface area contributed by atoms with E-state index in [1.807, 2.05) is 11.5 Å². The fourth-order valence-corrected chi connectivity index (χ4v) is 3.32. The number of hydrogen-bond acceptors (Lipinski definition) is 5. The van der Waals surface area contributed by atoms with Crippen molar-refractivity contribution in [2.45, 2.75) is 62.0 Å². The normalized spacial score (nSPS) is 17.6. The van der Waals surface area contributed by atoms with E-state index in [1.165, 1.54) is 31.0 Å². The van der Waals surface area contributed by atoms with Gasteiger partial charge in [-0.25, -0.2) is 0 Å². The lowest BCUT2D eigenvalue weighted by Crippen LogP contribution is -2.40. The van der Waals surface area contributed by atoms with Crippen LogP contribution in [0, 0.1) is 0 Å². The third-order valence-electron chi connectivity index (χ3n) is 3.72. The third-order valence-corrected chi connectivity index (χ3v) is 4.81. The van der Waals surface area contributed by atoms with Crippen LogP contribution in [0.5, 0.6) is 0 Å². The second kappa shape index (κ2) is 8.38. The predicted octanol–water partition coefficient (Wildman–Crippen LogP) is 1.85. The Morgan fingerprint density at radius 1 is 1.52 bits per heavy atom. The van der Waals surface area contributed by atoms with Crippen LogP contribution in [0.4, 0.5) is 0 Å². The zero-order valence-corrected chi connectivity index (χ0v) is 13.6. The molecule has 1 atom stereocenters. The molecule has 1 N–H and O–H groups in total. The van der Waals surface area contributed by atoms with E-state index in [0.29, 0.717) is 19.2 Å². The van der Waals surface area contributed by atoms with E-state index < -0.39 is 0 Å². The minimum absolute atomic E-state index is 0.0909. The number of carbonyl (C=O) groups excluding carboxylic acids is 1. The molecule has 1 heterocycles. The highest BCUT2D eigenvalue weighted by atomic mass is 32.2. The lowest BCUT2D eigenvalue weighted by molar-refractivity contribution is -0.121. The molecule has 0 aromatic carbocycles. The summed E-state index contributed by atoms with van der Waals surface area (Å²) in [6.45, 7) is 3.22. The Labute approximate surface area is 130 Å². The highest BCUT2D eigenvalue weighted by Gasteiger charge is 2.21. The molecule has 7 heteroatoms. The highest BCUT2D eigenvalue weighted by molar-refractivity contribution is 8.00. The molecule has 1 unspecified atom stereocenters. The maximum Gasteiger partial charge on any atom is 0.233 e. The molecule has 21 heavy (non-hydrogen) atoms. The molecular formula is C14H24N4O2S. The van der Waals surface area contributed by atoms with Gasteiger partial charge < -0.3 is 14.6 Å². The molecule has 1 aliphatic rings. The fourth-order valence-electron chi connectivity index (χ4n) is 2.46. The van der Waals surface area contributed by atoms with Gasteiger partial charge in [0.15, 0.2) is 5.16 Å². The summed E-state index contributed by atoms with van der Waals surface area (Å²) in [5.74, 6) is 0.0909. The van der Waals surface area contributed by atoms with Crippen molar-refractivity contribution in [3.05, 3.63) is 6.33 Å². The molecule has 0 aliphatic heterocycles. The Morgan fingerprint density at radius 3 is 3.00 bits per heavy atom. The number of hydrogen-bond donors (Lipinski definition) is 1. The predicted molar refractivity (Wildman–Crippen MR) is 82.2 cm³/mol. The quantitative estimate of drug-likeness (QED) is 0.778. The Hall–Kier alpha value is -1.08. The Kier molecular flexibility index (Phi) is 6.50. The average Bonchev–Trinajstić information content (AvgIpc) is 2.93. The van der Waals surface area contributed by atoms with Gasteiger partial charge in [-0.3, -0.25) is 4.79 Å². The lowest BCUT2D eigenvalue weighted by atomic mass is 9.95. The molecule has 1 aliphatic carbocycles. The standard InChI is InChI=1S/C14H24N4O2S/c1-11(13(19)16-12-6-4-3-5-7-12)21-14-17-15-10-18(14)8-9-20-2/h10-12H,3-9H2,1-2H3,(H,16,19). The van der Waals surface area contributed by atoms with Gasteiger partial charge in [0.2, 0.25) is 5.91 Å². The number of nitrogens with one attached hydrogen (secondary N) is 1. The molecule has 0 bridgehead atoms. The van der Waals surface area contributed by atoms with Crippen molar-refractivity contribution in [1.29, 1.82) is 0 Å². The SMILES string of the molecule is COCCn1cnnc1SC(C)C(=O)NC1CCCCC1. The van der Waals surface area contributed by atoms with Crippen molar-refractivity contribution in [2.75, 3.05) is 13.7 Å². The number of rotatable bonds is 7. The maximum absolute atomic E-state index is 12.2. The van der Waals surface area contributed by atoms with Crippen molar-refractivity contribution in [2.24, 2.45) is 0 Å². The molecule has 2 rings (SSSR count). The van der Waals surface area contributed by atoms with Crippen molar-refractivity contribution in [1.82, 2.24) is 20.1 Å². The topological polar surface area (TPSA) is 69.0 Å². The van der Waals surface area contributed by atoms with Gasteiger partial charge in [-0.15, -0.1) is 10.2 Å². The van der Waals surface area contributed by atoms with E-state index in [0.717, 1.165) is 18.0 Å². The molecule has 1 saturated carbocycles. The number of carbonyl (C=O) groups is 1. The van der Waals surface area contributed by atoms with Gasteiger partial charge in [0, 0.05) is 19.7 Å². The molecule has 1 aromatic rings. The Balaban J connectivity index is 1.83. The van der Waals surface area contributed by atoms with Crippen LogP contribution in [0.1, 0.15) is 39.0 Å². The van der Waals surface area contributed by atoms with Gasteiger partial charge >= 0.3 is 0 Å². The van der Waals surface area contributed by atoms with E-state index in [2.05, 4.69) is 15.5 Å². The summed E-state index contributed by atoms with van der Waals surface area (Å²) in [4.78, 5) is 12.2. The van der Waals surface area contributed by atoms with Crippen LogP contribution in [0.2, 0.25) is 0 Å². The number of ether oxygens (including phenoxy) is 1. The fraction of sp³-hybridized carbons (Fsp3) is 0.786. The summed E-state index contributed by atoms with van der Waals surface area (Å²) in [5, 5.41) is 11.7. The zero-order valence-electron chi connectivity index (χ0n) is 12.7. The molecule has 118 valence electrons. The summed E-state index contributed by atoms with van der Waals surface area (Å²) in [5.41, 5.74) is 0. The molecule has 0 spiro atoms. The third kappa shape index (κ3) is 5.00. The maximum atomic E-state index is 12.2. The van der Waals surface area contributed by atoms with E-state index in [4.69, 9.17) is 4.74 Å². The van der Waals surface area contributed by atoms with Crippen LogP contribution in [-0.4, -0.2) is 45.7 Å². The zero-order chi connectivity index (χ0) is 15.1. The van der Waals surface area contributed by atoms with Crippen LogP contribution >= 0.6 is 11.8 Å². The van der Waals surface area contributed by atoms with Crippen LogP contribution in [0.25, 0.3) is 0 Å². The molecular weight excluding hydrogens is 288 g/mol. The van der Waals surface area contributed by atoms with Gasteiger partial charge in [-0.1, -0.05) is 31.0 Å². The van der Waals surface area contributed by atoms with Crippen molar-refractivity contribution in [3.63, 3.8) is 0 Å². The first-order valence-corrected chi connectivity index (χ1v) is 8.42. The number of nitrogens with zero attached hydrogens (tertiary/aromatic N) is 3. The second-order valence-corrected chi connectivity index (χ2v) is 6.71. The summed E-state index contributed by atoms with van der Waals surface area (Å²) < 4.78 is 6.97. The number of methoxy groups -OCH3 is 1. The van der Waals surface area contributed by atoms with Crippen LogP contribution in [0.3, 0.4) is 0 Å². The first kappa shape index (κ1) is 16.3. The van der Waals surface area contributed by atoms with Gasteiger partial charge in [-0.2, -0.15) is 0 Å². The smallest absolute Gasteiger partial charge is 0.233 e. The summed E-state index contributed by atoms with van der Waals surface area (Å²) in [6.07, 6.45) is 7.61. The molecule has 0 saturated heterocycles. The van der Waals surface area contributed by atoms with Gasteiger partial charge in [0.25, 0.3) is 0 Å². The molecule has 1 aromatic heterocycles. The van der Waals surface area contributed by atoms with Gasteiger partial charge in [0.05, 0.1) is 11.9 Å². The monoisotopic (exact) mass is 312 g/mol. The molecule has 0 radical (unpaired) electrons. The van der Waals surface area contributed by atoms with Gasteiger partial charge in [0.1, 0.15) is 6.33 Å². The van der Waals surface area contributed by atoms with Gasteiger partial charge in [-0.05, 0) is 19.8 Å². The minimum atomic E-state index is -0.169. The van der Waals surface area contributed by atoms with Crippen LogP contribution in [-0.2, 0) is 16.1 Å². The summed E-state index contributed by atoms with van der Waals surface area (Å²) >= 11 is 1.45. The minimum Gasteiger partial charge on any atom is -0.383 e. The Morgan fingerprint density at radius 2 is 2.29 bits per heavy atom. The second-order valence-electron chi connectivity index (χ2n) is 5.40. The van der Waals surface area contributed by atoms with E-state index in [-0.39, 0.29) is 11.2 Å². The van der Waals surface area contributed by atoms with E-state index >= 15 is 0 Å². The summed E-state index contributed by atoms with van der Waals surface area (Å²) in [7, 11) is 1.66. The van der Waals surface area contributed by atoms with Crippen LogP contribution < -0.4 is 5.32 Å². The average molecular weight is 312 g/mol. The number of aromatic nitrogens is 3. The first-order chi connectivity index (χ1) is 10.2. The summed E-state index contributed by atoms with van der Waals surface area (Å²) in [6, 6.07) is 0.348. The van der Waals surface area contributed by atoms with E-state index in [9.17, 15) is 4.79 Å². The van der Waals surface area contributed by atoms with E-state index in [1.54, 1.807) is 13.4 Å². The molecule has 6 nitrogen and oxygen atoms in total. The van der Waals surface area contributed by atoms with Crippen molar-refractivity contribution in [3.8, 4) is 0 Å². The lowest BCUT2D eigenvalue weighted by Gasteiger charge is -2.24. The van der Waals surface area contributed by atoms with Crippen molar-refractivity contribution < 1.29 is 9.53 Å². The molecule has 1 amide bonds. The largest absolute Gasteiger partial charge is 0.383 e. The Bertz CT molecular complexity index is 446.